The van der Waals surface area contributed by atoms with E-state index in [9.17, 15) is 24.3 Å². The zero-order valence-corrected chi connectivity index (χ0v) is 20.2. The normalized spacial score (nSPS) is 12.9. The minimum absolute atomic E-state index is 0.0519. The fourth-order valence-electron chi connectivity index (χ4n) is 3.11. The van der Waals surface area contributed by atoms with Gasteiger partial charge in [-0.1, -0.05) is 19.4 Å². The smallest absolute Gasteiger partial charge is 0.408 e. The van der Waals surface area contributed by atoms with Crippen molar-refractivity contribution in [2.24, 2.45) is 5.73 Å². The third-order valence-corrected chi connectivity index (χ3v) is 4.74. The zero-order valence-electron chi connectivity index (χ0n) is 20.2. The summed E-state index contributed by atoms with van der Waals surface area (Å²) in [7, 11) is 1.40. The first-order valence-corrected chi connectivity index (χ1v) is 10.9. The van der Waals surface area contributed by atoms with Gasteiger partial charge in [-0.2, -0.15) is 0 Å². The number of carbonyl (C=O) groups is 4. The second-order valence-electron chi connectivity index (χ2n) is 8.91. The average Bonchev–Trinajstić information content (AvgIpc) is 2.68. The van der Waals surface area contributed by atoms with Crippen molar-refractivity contribution in [2.75, 3.05) is 13.6 Å². The van der Waals surface area contributed by atoms with E-state index in [1.165, 1.54) is 13.1 Å². The van der Waals surface area contributed by atoms with Crippen LogP contribution >= 0.6 is 0 Å². The number of phenolic OH excluding ortho intramolecular Hbond substituents is 1. The largest absolute Gasteiger partial charge is 0.508 e. The lowest BCUT2D eigenvalue weighted by Gasteiger charge is -2.31. The van der Waals surface area contributed by atoms with Crippen LogP contribution in [0.15, 0.2) is 18.2 Å². The lowest BCUT2D eigenvalue weighted by atomic mass is 10.0. The number of aryl methyl sites for hydroxylation is 1. The molecule has 10 heteroatoms. The summed E-state index contributed by atoms with van der Waals surface area (Å²) >= 11 is 0. The quantitative estimate of drug-likeness (QED) is 0.388. The van der Waals surface area contributed by atoms with Gasteiger partial charge in [0, 0.05) is 13.6 Å². The Hall–Kier alpha value is -3.30. The predicted octanol–water partition coefficient (Wildman–Crippen LogP) is 1.89. The number of primary amides is 1. The fourth-order valence-corrected chi connectivity index (χ4v) is 3.11. The van der Waals surface area contributed by atoms with Gasteiger partial charge in [-0.3, -0.25) is 14.4 Å². The summed E-state index contributed by atoms with van der Waals surface area (Å²) in [5, 5.41) is 15.1. The van der Waals surface area contributed by atoms with Crippen LogP contribution in [0, 0.1) is 6.92 Å². The summed E-state index contributed by atoms with van der Waals surface area (Å²) in [6.45, 7) is 9.06. The molecule has 0 saturated heterocycles. The third-order valence-electron chi connectivity index (χ3n) is 4.74. The molecule has 10 nitrogen and oxygen atoms in total. The molecule has 4 amide bonds. The molecule has 0 aliphatic heterocycles. The lowest BCUT2D eigenvalue weighted by Crippen LogP contribution is -2.52. The molecule has 184 valence electrons. The van der Waals surface area contributed by atoms with E-state index in [0.29, 0.717) is 17.7 Å². The van der Waals surface area contributed by atoms with Crippen molar-refractivity contribution in [1.82, 2.24) is 15.5 Å². The van der Waals surface area contributed by atoms with E-state index in [2.05, 4.69) is 10.6 Å². The Morgan fingerprint density at radius 1 is 1.21 bits per heavy atom. The van der Waals surface area contributed by atoms with Gasteiger partial charge >= 0.3 is 6.09 Å². The van der Waals surface area contributed by atoms with E-state index >= 15 is 0 Å². The maximum Gasteiger partial charge on any atom is 0.408 e. The predicted molar refractivity (Wildman–Crippen MR) is 123 cm³/mol. The minimum Gasteiger partial charge on any atom is -0.508 e. The summed E-state index contributed by atoms with van der Waals surface area (Å²) < 4.78 is 5.19. The number of aromatic hydroxyl groups is 1. The van der Waals surface area contributed by atoms with Crippen molar-refractivity contribution in [3.63, 3.8) is 0 Å². The van der Waals surface area contributed by atoms with Crippen molar-refractivity contribution in [2.45, 2.75) is 71.6 Å². The van der Waals surface area contributed by atoms with Gasteiger partial charge in [0.2, 0.25) is 17.7 Å². The number of alkyl carbamates (subject to hydrolysis) is 1. The summed E-state index contributed by atoms with van der Waals surface area (Å²) in [6, 6.07) is 2.19. The molecule has 2 atom stereocenters. The van der Waals surface area contributed by atoms with Gasteiger partial charge in [-0.25, -0.2) is 4.79 Å². The Morgan fingerprint density at radius 3 is 2.36 bits per heavy atom. The third kappa shape index (κ3) is 8.99. The van der Waals surface area contributed by atoms with Crippen LogP contribution in [0.25, 0.3) is 0 Å². The van der Waals surface area contributed by atoms with Crippen molar-refractivity contribution < 1.29 is 29.0 Å². The van der Waals surface area contributed by atoms with Gasteiger partial charge in [0.05, 0.1) is 6.42 Å². The number of unbranched alkanes of at least 4 members (excludes halogenated alkanes) is 1. The van der Waals surface area contributed by atoms with E-state index in [0.717, 1.165) is 17.7 Å². The average molecular weight is 465 g/mol. The van der Waals surface area contributed by atoms with Gasteiger partial charge in [0.25, 0.3) is 0 Å². The second kappa shape index (κ2) is 12.1. The molecule has 0 saturated carbocycles. The number of nitrogens with one attached hydrogen (secondary N) is 2. The molecule has 33 heavy (non-hydrogen) atoms. The second-order valence-corrected chi connectivity index (χ2v) is 8.91. The highest BCUT2D eigenvalue weighted by Gasteiger charge is 2.35. The molecule has 0 heterocycles. The van der Waals surface area contributed by atoms with E-state index in [4.69, 9.17) is 10.5 Å². The molecule has 5 N–H and O–H groups in total. The molecule has 1 aromatic carbocycles. The van der Waals surface area contributed by atoms with Crippen LogP contribution in [0.3, 0.4) is 0 Å². The SMILES string of the molecule is CCCCNC(=O)C(c1ccc(O)c(C)c1)N(C)C(=O)C(CC(N)=O)NC(=O)OC(C)(C)C. The summed E-state index contributed by atoms with van der Waals surface area (Å²) in [5.74, 6) is -1.88. The van der Waals surface area contributed by atoms with Crippen molar-refractivity contribution in [3.8, 4) is 5.75 Å². The topological polar surface area (TPSA) is 151 Å². The number of likely N-dealkylation sites (N-methyl/N-ethyl adjacent to an activating group) is 1. The Kier molecular flexibility index (Phi) is 10.2. The highest BCUT2D eigenvalue weighted by molar-refractivity contribution is 5.94. The lowest BCUT2D eigenvalue weighted by molar-refractivity contribution is -0.141. The Morgan fingerprint density at radius 2 is 1.85 bits per heavy atom. The summed E-state index contributed by atoms with van der Waals surface area (Å²) in [4.78, 5) is 51.3. The number of hydrogen-bond acceptors (Lipinski definition) is 6. The molecular formula is C23H36N4O6. The van der Waals surface area contributed by atoms with Crippen LogP contribution in [0.5, 0.6) is 5.75 Å². The molecule has 1 aromatic rings. The Balaban J connectivity index is 3.26. The number of benzene rings is 1. The van der Waals surface area contributed by atoms with Crippen LogP contribution < -0.4 is 16.4 Å². The number of hydrogen-bond donors (Lipinski definition) is 4. The van der Waals surface area contributed by atoms with Crippen LogP contribution in [-0.2, 0) is 19.1 Å². The maximum absolute atomic E-state index is 13.3. The number of amides is 4. The Labute approximate surface area is 194 Å². The first-order valence-electron chi connectivity index (χ1n) is 10.9. The molecule has 0 spiro atoms. The van der Waals surface area contributed by atoms with Crippen molar-refractivity contribution >= 4 is 23.8 Å². The van der Waals surface area contributed by atoms with E-state index < -0.39 is 47.9 Å². The van der Waals surface area contributed by atoms with Crippen LogP contribution in [0.1, 0.15) is 64.1 Å². The van der Waals surface area contributed by atoms with Crippen LogP contribution in [-0.4, -0.2) is 59.1 Å². The van der Waals surface area contributed by atoms with Crippen LogP contribution in [0.2, 0.25) is 0 Å². The van der Waals surface area contributed by atoms with Crippen LogP contribution in [0.4, 0.5) is 4.79 Å². The van der Waals surface area contributed by atoms with Gasteiger partial charge in [-0.15, -0.1) is 0 Å². The van der Waals surface area contributed by atoms with Crippen molar-refractivity contribution in [3.05, 3.63) is 29.3 Å². The molecule has 0 radical (unpaired) electrons. The highest BCUT2D eigenvalue weighted by atomic mass is 16.6. The molecule has 0 fully saturated rings. The summed E-state index contributed by atoms with van der Waals surface area (Å²) in [5.41, 5.74) is 5.46. The molecule has 0 aliphatic carbocycles. The standard InChI is InChI=1S/C23H36N4O6/c1-7-8-11-25-20(30)19(15-9-10-17(28)14(2)12-15)27(6)21(31)16(13-18(24)29)26-22(32)33-23(3,4)5/h9-10,12,16,19,28H,7-8,11,13H2,1-6H3,(H2,24,29)(H,25,30)(H,26,32). The Bertz CT molecular complexity index is 865. The van der Waals surface area contributed by atoms with Gasteiger partial charge in [0.15, 0.2) is 0 Å². The number of ether oxygens (including phenoxy) is 1. The van der Waals surface area contributed by atoms with Gasteiger partial charge in [0.1, 0.15) is 23.4 Å². The summed E-state index contributed by atoms with van der Waals surface area (Å²) in [6.07, 6.45) is 0.273. The number of phenols is 1. The number of nitrogens with two attached hydrogens (primary N) is 1. The fraction of sp³-hybridized carbons (Fsp3) is 0.565. The first kappa shape index (κ1) is 27.7. The van der Waals surface area contributed by atoms with E-state index in [1.54, 1.807) is 39.8 Å². The monoisotopic (exact) mass is 464 g/mol. The molecule has 2 unspecified atom stereocenters. The van der Waals surface area contributed by atoms with E-state index in [-0.39, 0.29) is 5.75 Å². The van der Waals surface area contributed by atoms with Crippen molar-refractivity contribution in [1.29, 1.82) is 0 Å². The van der Waals surface area contributed by atoms with Gasteiger partial charge in [-0.05, 0) is 57.4 Å². The first-order chi connectivity index (χ1) is 15.3. The minimum atomic E-state index is -1.33. The molecule has 1 rings (SSSR count). The molecule has 0 bridgehead atoms. The molecule has 0 aliphatic rings. The van der Waals surface area contributed by atoms with E-state index in [1.807, 2.05) is 6.92 Å². The van der Waals surface area contributed by atoms with Gasteiger partial charge < -0.3 is 31.1 Å². The zero-order chi connectivity index (χ0) is 25.3. The number of nitrogens with zero attached hydrogens (tertiary/aromatic N) is 1. The maximum atomic E-state index is 13.3. The highest BCUT2D eigenvalue weighted by Crippen LogP contribution is 2.26. The molecular weight excluding hydrogens is 428 g/mol. The number of carbonyl (C=O) groups excluding carboxylic acids is 4. The number of rotatable bonds is 10. The molecule has 0 aromatic heterocycles.